The lowest BCUT2D eigenvalue weighted by Gasteiger charge is -2.34. The Bertz CT molecular complexity index is 658. The quantitative estimate of drug-likeness (QED) is 0.882. The van der Waals surface area contributed by atoms with E-state index < -0.39 is 9.84 Å². The molecule has 22 heavy (non-hydrogen) atoms. The molecule has 1 amide bonds. The second kappa shape index (κ2) is 6.66. The minimum absolute atomic E-state index is 0.000794. The highest BCUT2D eigenvalue weighted by Gasteiger charge is 2.28. The predicted octanol–water partition coefficient (Wildman–Crippen LogP) is 1.33. The van der Waals surface area contributed by atoms with Gasteiger partial charge in [-0.1, -0.05) is 6.92 Å². The van der Waals surface area contributed by atoms with Crippen LogP contribution in [0.4, 0.5) is 5.69 Å². The fraction of sp³-hybridized carbons (Fsp3) is 0.533. The van der Waals surface area contributed by atoms with Crippen molar-refractivity contribution in [1.29, 1.82) is 0 Å². The highest BCUT2D eigenvalue weighted by atomic mass is 32.2. The van der Waals surface area contributed by atoms with Gasteiger partial charge in [0.1, 0.15) is 11.9 Å². The molecule has 0 radical (unpaired) electrons. The number of nitrogens with two attached hydrogens (primary N) is 1. The van der Waals surface area contributed by atoms with Gasteiger partial charge in [-0.25, -0.2) is 8.42 Å². The van der Waals surface area contributed by atoms with Crippen molar-refractivity contribution in [2.45, 2.75) is 37.7 Å². The number of ether oxygens (including phenoxy) is 1. The van der Waals surface area contributed by atoms with Gasteiger partial charge in [0.25, 0.3) is 0 Å². The molecule has 0 spiro atoms. The molecular weight excluding hydrogens is 304 g/mol. The number of sulfone groups is 1. The third kappa shape index (κ3) is 3.41. The molecule has 6 nitrogen and oxygen atoms in total. The number of hydrogen-bond donors (Lipinski definition) is 1. The van der Waals surface area contributed by atoms with Crippen molar-refractivity contribution in [3.8, 4) is 5.75 Å². The van der Waals surface area contributed by atoms with E-state index >= 15 is 0 Å². The molecule has 122 valence electrons. The summed E-state index contributed by atoms with van der Waals surface area (Å²) in [5, 5.41) is 0. The smallest absolute Gasteiger partial charge is 0.224 e. The molecule has 1 aromatic rings. The highest BCUT2D eigenvalue weighted by Crippen LogP contribution is 2.36. The first-order valence-electron chi connectivity index (χ1n) is 7.40. The molecule has 1 aliphatic rings. The van der Waals surface area contributed by atoms with Gasteiger partial charge in [-0.15, -0.1) is 0 Å². The van der Waals surface area contributed by atoms with Crippen molar-refractivity contribution in [2.75, 3.05) is 23.7 Å². The number of hydrogen-bond acceptors (Lipinski definition) is 5. The van der Waals surface area contributed by atoms with Crippen molar-refractivity contribution < 1.29 is 17.9 Å². The summed E-state index contributed by atoms with van der Waals surface area (Å²) in [5.41, 5.74) is 5.90. The average Bonchev–Trinajstić information content (AvgIpc) is 2.51. The van der Waals surface area contributed by atoms with Crippen LogP contribution < -0.4 is 15.4 Å². The minimum Gasteiger partial charge on any atom is -0.486 e. The van der Waals surface area contributed by atoms with Crippen LogP contribution in [-0.4, -0.2) is 39.3 Å². The summed E-state index contributed by atoms with van der Waals surface area (Å²) < 4.78 is 30.3. The predicted molar refractivity (Wildman–Crippen MR) is 84.9 cm³/mol. The largest absolute Gasteiger partial charge is 0.486 e. The molecule has 0 aliphatic carbocycles. The maximum absolute atomic E-state index is 12.3. The normalized spacial score (nSPS) is 17.8. The molecule has 7 heteroatoms. The molecule has 1 aromatic carbocycles. The van der Waals surface area contributed by atoms with E-state index in [1.54, 1.807) is 11.0 Å². The monoisotopic (exact) mass is 326 g/mol. The Morgan fingerprint density at radius 1 is 1.45 bits per heavy atom. The molecule has 0 saturated heterocycles. The number of carbonyl (C=O) groups excluding carboxylic acids is 1. The fourth-order valence-corrected chi connectivity index (χ4v) is 3.77. The van der Waals surface area contributed by atoms with Gasteiger partial charge in [0.05, 0.1) is 22.9 Å². The summed E-state index contributed by atoms with van der Waals surface area (Å²) in [6.45, 7) is 4.22. The van der Waals surface area contributed by atoms with E-state index in [1.165, 1.54) is 19.1 Å². The van der Waals surface area contributed by atoms with E-state index in [2.05, 4.69) is 0 Å². The second-order valence-corrected chi connectivity index (χ2v) is 7.48. The molecule has 1 atom stereocenters. The molecule has 0 fully saturated rings. The highest BCUT2D eigenvalue weighted by molar-refractivity contribution is 7.91. The summed E-state index contributed by atoms with van der Waals surface area (Å²) in [5.74, 6) is 0.423. The van der Waals surface area contributed by atoms with Crippen LogP contribution in [0.15, 0.2) is 23.1 Å². The van der Waals surface area contributed by atoms with Crippen molar-refractivity contribution >= 4 is 21.4 Å². The van der Waals surface area contributed by atoms with E-state index in [1.807, 2.05) is 6.92 Å². The van der Waals surface area contributed by atoms with Crippen LogP contribution in [0.25, 0.3) is 0 Å². The first kappa shape index (κ1) is 16.8. The summed E-state index contributed by atoms with van der Waals surface area (Å²) in [4.78, 5) is 13.6. The summed E-state index contributed by atoms with van der Waals surface area (Å²) in [6, 6.07) is 4.68. The molecule has 0 aromatic heterocycles. The Kier molecular flexibility index (Phi) is 5.08. The third-order valence-corrected chi connectivity index (χ3v) is 5.51. The molecule has 2 rings (SSSR count). The summed E-state index contributed by atoms with van der Waals surface area (Å²) in [7, 11) is -3.40. The van der Waals surface area contributed by atoms with Gasteiger partial charge < -0.3 is 15.4 Å². The number of rotatable bonds is 5. The molecule has 2 N–H and O–H groups in total. The molecule has 1 heterocycles. The number of fused-ring (bicyclic) bond motifs is 1. The number of nitrogens with zero attached hydrogens (tertiary/aromatic N) is 1. The van der Waals surface area contributed by atoms with Gasteiger partial charge in [-0.3, -0.25) is 4.79 Å². The first-order chi connectivity index (χ1) is 10.4. The SMILES string of the molecule is CCC1CN(C(C)=O)c2cc(S(=O)(=O)CCCN)ccc2O1. The van der Waals surface area contributed by atoms with Gasteiger partial charge in [-0.2, -0.15) is 0 Å². The van der Waals surface area contributed by atoms with Crippen LogP contribution in [-0.2, 0) is 14.6 Å². The van der Waals surface area contributed by atoms with E-state index in [0.717, 1.165) is 6.42 Å². The van der Waals surface area contributed by atoms with E-state index in [9.17, 15) is 13.2 Å². The fourth-order valence-electron chi connectivity index (χ4n) is 2.42. The molecule has 1 unspecified atom stereocenters. The maximum Gasteiger partial charge on any atom is 0.224 e. The van der Waals surface area contributed by atoms with Crippen LogP contribution in [0.2, 0.25) is 0 Å². The average molecular weight is 326 g/mol. The van der Waals surface area contributed by atoms with Gasteiger partial charge in [0, 0.05) is 6.92 Å². The van der Waals surface area contributed by atoms with E-state index in [-0.39, 0.29) is 22.7 Å². The second-order valence-electron chi connectivity index (χ2n) is 5.37. The van der Waals surface area contributed by atoms with Crippen molar-refractivity contribution in [3.63, 3.8) is 0 Å². The number of carbonyl (C=O) groups is 1. The Balaban J connectivity index is 2.41. The van der Waals surface area contributed by atoms with Crippen LogP contribution >= 0.6 is 0 Å². The molecule has 0 saturated carbocycles. The molecular formula is C15H22N2O4S. The molecule has 0 bridgehead atoms. The van der Waals surface area contributed by atoms with E-state index in [4.69, 9.17) is 10.5 Å². The van der Waals surface area contributed by atoms with Gasteiger partial charge in [-0.05, 0) is 37.6 Å². The van der Waals surface area contributed by atoms with Gasteiger partial charge in [0.2, 0.25) is 5.91 Å². The Morgan fingerprint density at radius 2 is 2.18 bits per heavy atom. The van der Waals surface area contributed by atoms with Gasteiger partial charge in [0.15, 0.2) is 9.84 Å². The topological polar surface area (TPSA) is 89.7 Å². The first-order valence-corrected chi connectivity index (χ1v) is 9.06. The standard InChI is InChI=1S/C15H22N2O4S/c1-3-12-10-17(11(2)18)14-9-13(5-6-15(14)21-12)22(19,20)8-4-7-16/h5-6,9,12H,3-4,7-8,10,16H2,1-2H3. The lowest BCUT2D eigenvalue weighted by molar-refractivity contribution is -0.117. The lowest BCUT2D eigenvalue weighted by Crippen LogP contribution is -2.42. The van der Waals surface area contributed by atoms with Crippen LogP contribution in [0.3, 0.4) is 0 Å². The van der Waals surface area contributed by atoms with Gasteiger partial charge >= 0.3 is 0 Å². The number of benzene rings is 1. The van der Waals surface area contributed by atoms with Crippen LogP contribution in [0.1, 0.15) is 26.7 Å². The Hall–Kier alpha value is -1.60. The lowest BCUT2D eigenvalue weighted by atomic mass is 10.1. The summed E-state index contributed by atoms with van der Waals surface area (Å²) >= 11 is 0. The Labute approximate surface area is 131 Å². The summed E-state index contributed by atoms with van der Waals surface area (Å²) in [6.07, 6.45) is 1.11. The number of amides is 1. The van der Waals surface area contributed by atoms with Crippen LogP contribution in [0, 0.1) is 0 Å². The zero-order valence-electron chi connectivity index (χ0n) is 12.9. The van der Waals surface area contributed by atoms with Crippen molar-refractivity contribution in [3.05, 3.63) is 18.2 Å². The van der Waals surface area contributed by atoms with E-state index in [0.29, 0.717) is 30.9 Å². The van der Waals surface area contributed by atoms with Crippen LogP contribution in [0.5, 0.6) is 5.75 Å². The molecule has 1 aliphatic heterocycles. The minimum atomic E-state index is -3.40. The third-order valence-electron chi connectivity index (χ3n) is 3.71. The van der Waals surface area contributed by atoms with Crippen molar-refractivity contribution in [1.82, 2.24) is 0 Å². The maximum atomic E-state index is 12.3. The number of anilines is 1. The van der Waals surface area contributed by atoms with Crippen molar-refractivity contribution in [2.24, 2.45) is 5.73 Å². The zero-order valence-corrected chi connectivity index (χ0v) is 13.7. The Morgan fingerprint density at radius 3 is 2.77 bits per heavy atom. The zero-order chi connectivity index (χ0) is 16.3.